The van der Waals surface area contributed by atoms with Crippen molar-refractivity contribution in [3.63, 3.8) is 0 Å². The summed E-state index contributed by atoms with van der Waals surface area (Å²) in [6.07, 6.45) is 5.50. The number of esters is 1. The lowest BCUT2D eigenvalue weighted by atomic mass is 9.89. The normalized spacial score (nSPS) is 18.7. The summed E-state index contributed by atoms with van der Waals surface area (Å²) in [5.74, 6) is 0.523. The van der Waals surface area contributed by atoms with Crippen molar-refractivity contribution in [1.29, 1.82) is 0 Å². The van der Waals surface area contributed by atoms with Crippen LogP contribution in [0.15, 0.2) is 10.8 Å². The highest BCUT2D eigenvalue weighted by Gasteiger charge is 2.38. The smallest absolute Gasteiger partial charge is 0.332 e. The van der Waals surface area contributed by atoms with Crippen LogP contribution in [0.2, 0.25) is 0 Å². The summed E-state index contributed by atoms with van der Waals surface area (Å²) < 4.78 is 14.3. The molecule has 2 heterocycles. The van der Waals surface area contributed by atoms with Gasteiger partial charge in [-0.05, 0) is 75.5 Å². The Hall–Kier alpha value is -0.920. The fraction of sp³-hybridized carbons (Fsp3) is 0.765. The van der Waals surface area contributed by atoms with Gasteiger partial charge in [-0.3, -0.25) is 0 Å². The van der Waals surface area contributed by atoms with Crippen LogP contribution in [0, 0.1) is 0 Å². The third-order valence-electron chi connectivity index (χ3n) is 4.01. The molecule has 6 nitrogen and oxygen atoms in total. The second-order valence-electron chi connectivity index (χ2n) is 7.32. The Bertz CT molecular complexity index is 558. The largest absolute Gasteiger partial charge is 0.458 e. The highest BCUT2D eigenvalue weighted by atomic mass is 79.9. The van der Waals surface area contributed by atoms with Crippen LogP contribution in [0.5, 0.6) is 0 Å². The van der Waals surface area contributed by atoms with Gasteiger partial charge in [0.15, 0.2) is 0 Å². The van der Waals surface area contributed by atoms with E-state index in [9.17, 15) is 4.79 Å². The molecule has 0 saturated carbocycles. The molecule has 1 aliphatic rings. The molecular formula is C17H28BrN3O3. The topological polar surface area (TPSA) is 65.4 Å². The molecule has 24 heavy (non-hydrogen) atoms. The molecule has 136 valence electrons. The average Bonchev–Trinajstić information content (AvgIpc) is 2.76. The molecule has 1 aromatic rings. The first kappa shape index (κ1) is 19.4. The third kappa shape index (κ3) is 5.29. The molecule has 1 N–H and O–H groups in total. The van der Waals surface area contributed by atoms with Crippen LogP contribution in [-0.2, 0) is 26.9 Å². The van der Waals surface area contributed by atoms with Crippen molar-refractivity contribution in [1.82, 2.24) is 14.9 Å². The lowest BCUT2D eigenvalue weighted by Gasteiger charge is -2.35. The summed E-state index contributed by atoms with van der Waals surface area (Å²) in [6, 6.07) is 0. The summed E-state index contributed by atoms with van der Waals surface area (Å²) in [4.78, 5) is 16.7. The molecule has 1 aromatic heterocycles. The zero-order valence-corrected chi connectivity index (χ0v) is 16.6. The Labute approximate surface area is 152 Å². The fourth-order valence-corrected chi connectivity index (χ4v) is 3.58. The van der Waals surface area contributed by atoms with Gasteiger partial charge >= 0.3 is 5.97 Å². The van der Waals surface area contributed by atoms with Gasteiger partial charge in [0, 0.05) is 13.2 Å². The predicted molar refractivity (Wildman–Crippen MR) is 95.7 cm³/mol. The summed E-state index contributed by atoms with van der Waals surface area (Å²) in [6.45, 7) is 7.41. The van der Waals surface area contributed by atoms with Crippen molar-refractivity contribution >= 4 is 21.9 Å². The number of hydrogen-bond acceptors (Lipinski definition) is 5. The molecule has 2 rings (SSSR count). The molecule has 1 saturated heterocycles. The zero-order valence-electron chi connectivity index (χ0n) is 15.0. The fourth-order valence-electron chi connectivity index (χ4n) is 3.10. The van der Waals surface area contributed by atoms with E-state index in [1.54, 1.807) is 0 Å². The van der Waals surface area contributed by atoms with Gasteiger partial charge in [0.2, 0.25) is 0 Å². The van der Waals surface area contributed by atoms with E-state index >= 15 is 0 Å². The van der Waals surface area contributed by atoms with Crippen molar-refractivity contribution < 1.29 is 14.3 Å². The van der Waals surface area contributed by atoms with Gasteiger partial charge < -0.3 is 19.4 Å². The molecule has 0 bridgehead atoms. The summed E-state index contributed by atoms with van der Waals surface area (Å²) in [5, 5.41) is 3.41. The van der Waals surface area contributed by atoms with Crippen molar-refractivity contribution in [2.24, 2.45) is 7.05 Å². The van der Waals surface area contributed by atoms with Crippen LogP contribution in [0.4, 0.5) is 0 Å². The minimum atomic E-state index is -0.556. The Morgan fingerprint density at radius 2 is 2.00 bits per heavy atom. The lowest BCUT2D eigenvalue weighted by molar-refractivity contribution is -0.170. The van der Waals surface area contributed by atoms with Crippen LogP contribution in [0.1, 0.15) is 52.3 Å². The number of hydrogen-bond donors (Lipinski definition) is 1. The van der Waals surface area contributed by atoms with Crippen molar-refractivity contribution in [3.05, 3.63) is 16.6 Å². The maximum atomic E-state index is 12.1. The van der Waals surface area contributed by atoms with Crippen molar-refractivity contribution in [2.75, 3.05) is 19.7 Å². The second kappa shape index (κ2) is 7.97. The highest BCUT2D eigenvalue weighted by molar-refractivity contribution is 9.10. The first-order valence-corrected chi connectivity index (χ1v) is 9.27. The second-order valence-corrected chi connectivity index (χ2v) is 8.14. The van der Waals surface area contributed by atoms with Gasteiger partial charge in [-0.1, -0.05) is 0 Å². The van der Waals surface area contributed by atoms with Crippen LogP contribution in [0.3, 0.4) is 0 Å². The van der Waals surface area contributed by atoms with Gasteiger partial charge in [-0.15, -0.1) is 0 Å². The first-order valence-electron chi connectivity index (χ1n) is 8.48. The Balaban J connectivity index is 2.19. The van der Waals surface area contributed by atoms with Gasteiger partial charge in [0.1, 0.15) is 28.2 Å². The summed E-state index contributed by atoms with van der Waals surface area (Å²) in [5.41, 5.74) is -1.06. The molecule has 1 aliphatic heterocycles. The van der Waals surface area contributed by atoms with E-state index in [1.807, 2.05) is 38.6 Å². The van der Waals surface area contributed by atoms with E-state index in [4.69, 9.17) is 9.47 Å². The van der Waals surface area contributed by atoms with E-state index in [0.717, 1.165) is 49.2 Å². The predicted octanol–water partition coefficient (Wildman–Crippen LogP) is 2.90. The summed E-state index contributed by atoms with van der Waals surface area (Å²) in [7, 11) is 1.96. The standard InChI is InChI=1S/C17H28BrN3O3/c1-16(2,3)24-14(22)12-23-17(7-5-9-19-10-6-8-17)15-20-13(18)11-21(15)4/h11,19H,5-10,12H2,1-4H3. The monoisotopic (exact) mass is 401 g/mol. The maximum absolute atomic E-state index is 12.1. The average molecular weight is 402 g/mol. The van der Waals surface area contributed by atoms with E-state index in [1.165, 1.54) is 0 Å². The van der Waals surface area contributed by atoms with Gasteiger partial charge in [0.05, 0.1) is 0 Å². The van der Waals surface area contributed by atoms with Gasteiger partial charge in [-0.2, -0.15) is 0 Å². The number of halogens is 1. The number of rotatable bonds is 4. The number of aromatic nitrogens is 2. The Morgan fingerprint density at radius 1 is 1.38 bits per heavy atom. The Morgan fingerprint density at radius 3 is 2.50 bits per heavy atom. The van der Waals surface area contributed by atoms with E-state index in [-0.39, 0.29) is 12.6 Å². The first-order chi connectivity index (χ1) is 11.2. The number of imidazole rings is 1. The third-order valence-corrected chi connectivity index (χ3v) is 4.39. The van der Waals surface area contributed by atoms with E-state index in [2.05, 4.69) is 26.2 Å². The molecule has 7 heteroatoms. The van der Waals surface area contributed by atoms with Crippen molar-refractivity contribution in [2.45, 2.75) is 57.7 Å². The molecule has 0 spiro atoms. The van der Waals surface area contributed by atoms with Crippen LogP contribution < -0.4 is 5.32 Å². The SMILES string of the molecule is Cn1cc(Br)nc1C1(OCC(=O)OC(C)(C)C)CCCNCCC1. The summed E-state index contributed by atoms with van der Waals surface area (Å²) >= 11 is 3.44. The molecule has 1 fully saturated rings. The zero-order chi connectivity index (χ0) is 17.8. The quantitative estimate of drug-likeness (QED) is 0.785. The minimum absolute atomic E-state index is 0.0603. The molecule has 0 amide bonds. The van der Waals surface area contributed by atoms with E-state index in [0.29, 0.717) is 0 Å². The number of aryl methyl sites for hydroxylation is 1. The molecule has 0 aliphatic carbocycles. The lowest BCUT2D eigenvalue weighted by Crippen LogP contribution is -2.39. The molecule has 0 aromatic carbocycles. The maximum Gasteiger partial charge on any atom is 0.332 e. The number of nitrogens with zero attached hydrogens (tertiary/aromatic N) is 2. The van der Waals surface area contributed by atoms with Crippen LogP contribution >= 0.6 is 15.9 Å². The highest BCUT2D eigenvalue weighted by Crippen LogP contribution is 2.36. The molecule has 0 atom stereocenters. The molecular weight excluding hydrogens is 374 g/mol. The van der Waals surface area contributed by atoms with Crippen LogP contribution in [-0.4, -0.2) is 40.8 Å². The van der Waals surface area contributed by atoms with E-state index < -0.39 is 11.2 Å². The van der Waals surface area contributed by atoms with Crippen LogP contribution in [0.25, 0.3) is 0 Å². The molecule has 0 radical (unpaired) electrons. The number of carbonyl (C=O) groups excluding carboxylic acids is 1. The number of ether oxygens (including phenoxy) is 2. The van der Waals surface area contributed by atoms with Gasteiger partial charge in [-0.25, -0.2) is 9.78 Å². The minimum Gasteiger partial charge on any atom is -0.458 e. The van der Waals surface area contributed by atoms with Gasteiger partial charge in [0.25, 0.3) is 0 Å². The number of carbonyl (C=O) groups is 1. The van der Waals surface area contributed by atoms with Crippen molar-refractivity contribution in [3.8, 4) is 0 Å². The molecule has 0 unspecified atom stereocenters. The Kier molecular flexibility index (Phi) is 6.45. The number of nitrogens with one attached hydrogen (secondary N) is 1.